The molecule has 3 aromatic carbocycles. The molecule has 0 bridgehead atoms. The molecule has 1 aliphatic heterocycles. The molecular formula is C26H23FN2O3. The predicted molar refractivity (Wildman–Crippen MR) is 121 cm³/mol. The van der Waals surface area contributed by atoms with E-state index in [-0.39, 0.29) is 17.8 Å². The van der Waals surface area contributed by atoms with Gasteiger partial charge in [-0.15, -0.1) is 0 Å². The number of aryl methyl sites for hydroxylation is 1. The Hall–Kier alpha value is -3.93. The Bertz CT molecular complexity index is 1180. The number of amides is 2. The fraction of sp³-hybridized carbons (Fsp3) is 0.154. The second-order valence-corrected chi connectivity index (χ2v) is 7.49. The summed E-state index contributed by atoms with van der Waals surface area (Å²) in [6, 6.07) is 20.4. The van der Waals surface area contributed by atoms with Crippen molar-refractivity contribution >= 4 is 23.1 Å². The molecule has 162 valence electrons. The second-order valence-electron chi connectivity index (χ2n) is 7.49. The maximum atomic E-state index is 13.5. The van der Waals surface area contributed by atoms with Gasteiger partial charge in [0.25, 0.3) is 11.8 Å². The number of imide groups is 1. The summed E-state index contributed by atoms with van der Waals surface area (Å²) in [7, 11) is 0. The van der Waals surface area contributed by atoms with Gasteiger partial charge in [-0.05, 0) is 49.2 Å². The lowest BCUT2D eigenvalue weighted by Crippen LogP contribution is -2.32. The van der Waals surface area contributed by atoms with E-state index in [2.05, 4.69) is 5.32 Å². The topological polar surface area (TPSA) is 58.6 Å². The molecule has 0 atom stereocenters. The quantitative estimate of drug-likeness (QED) is 0.541. The number of benzene rings is 3. The number of anilines is 1. The summed E-state index contributed by atoms with van der Waals surface area (Å²) >= 11 is 0. The van der Waals surface area contributed by atoms with Crippen LogP contribution in [0.5, 0.6) is 5.75 Å². The highest BCUT2D eigenvalue weighted by molar-refractivity contribution is 6.36. The molecule has 0 aliphatic carbocycles. The average Bonchev–Trinajstić information content (AvgIpc) is 3.01. The van der Waals surface area contributed by atoms with Crippen molar-refractivity contribution in [3.8, 4) is 5.75 Å². The molecule has 3 aromatic rings. The fourth-order valence-corrected chi connectivity index (χ4v) is 3.58. The minimum Gasteiger partial charge on any atom is -0.492 e. The van der Waals surface area contributed by atoms with E-state index in [1.807, 2.05) is 50.2 Å². The average molecular weight is 430 g/mol. The zero-order chi connectivity index (χ0) is 22.7. The molecule has 1 heterocycles. The normalized spacial score (nSPS) is 13.7. The summed E-state index contributed by atoms with van der Waals surface area (Å²) in [5.41, 5.74) is 3.31. The minimum atomic E-state index is -0.443. The van der Waals surface area contributed by atoms with Crippen molar-refractivity contribution in [3.05, 3.63) is 101 Å². The first-order valence-corrected chi connectivity index (χ1v) is 10.4. The molecular weight excluding hydrogens is 407 g/mol. The van der Waals surface area contributed by atoms with E-state index in [1.165, 1.54) is 29.2 Å². The SMILES string of the molecule is CCOc1ccccc1NC1=C(c2ccc(F)cc2)C(=O)N(Cc2ccc(C)cc2)C1=O. The monoisotopic (exact) mass is 430 g/mol. The molecule has 0 spiro atoms. The van der Waals surface area contributed by atoms with E-state index >= 15 is 0 Å². The zero-order valence-electron chi connectivity index (χ0n) is 17.9. The number of nitrogens with one attached hydrogen (secondary N) is 1. The summed E-state index contributed by atoms with van der Waals surface area (Å²) in [5, 5.41) is 3.11. The molecule has 1 N–H and O–H groups in total. The number of halogens is 1. The van der Waals surface area contributed by atoms with E-state index in [9.17, 15) is 14.0 Å². The highest BCUT2D eigenvalue weighted by Gasteiger charge is 2.39. The van der Waals surface area contributed by atoms with Crippen molar-refractivity contribution in [2.75, 3.05) is 11.9 Å². The van der Waals surface area contributed by atoms with Crippen LogP contribution in [0.1, 0.15) is 23.6 Å². The van der Waals surface area contributed by atoms with Crippen LogP contribution in [0.3, 0.4) is 0 Å². The number of hydrogen-bond acceptors (Lipinski definition) is 4. The number of rotatable bonds is 7. The molecule has 0 saturated heterocycles. The van der Waals surface area contributed by atoms with Gasteiger partial charge < -0.3 is 10.1 Å². The van der Waals surface area contributed by atoms with E-state index in [0.29, 0.717) is 23.6 Å². The van der Waals surface area contributed by atoms with Crippen LogP contribution in [0.15, 0.2) is 78.5 Å². The van der Waals surface area contributed by atoms with Crippen LogP contribution in [-0.2, 0) is 16.1 Å². The van der Waals surface area contributed by atoms with Gasteiger partial charge in [-0.25, -0.2) is 4.39 Å². The van der Waals surface area contributed by atoms with E-state index in [0.717, 1.165) is 11.1 Å². The smallest absolute Gasteiger partial charge is 0.278 e. The van der Waals surface area contributed by atoms with Crippen LogP contribution in [0.2, 0.25) is 0 Å². The molecule has 4 rings (SSSR count). The van der Waals surface area contributed by atoms with Crippen molar-refractivity contribution in [1.82, 2.24) is 4.90 Å². The number of para-hydroxylation sites is 2. The van der Waals surface area contributed by atoms with Gasteiger partial charge in [0.2, 0.25) is 0 Å². The third-order valence-corrected chi connectivity index (χ3v) is 5.21. The number of carbonyl (C=O) groups is 2. The van der Waals surface area contributed by atoms with Crippen LogP contribution in [0.4, 0.5) is 10.1 Å². The highest BCUT2D eigenvalue weighted by atomic mass is 19.1. The van der Waals surface area contributed by atoms with Crippen molar-refractivity contribution in [2.24, 2.45) is 0 Å². The van der Waals surface area contributed by atoms with Crippen molar-refractivity contribution < 1.29 is 18.7 Å². The van der Waals surface area contributed by atoms with Crippen molar-refractivity contribution in [2.45, 2.75) is 20.4 Å². The molecule has 6 heteroatoms. The van der Waals surface area contributed by atoms with Gasteiger partial charge >= 0.3 is 0 Å². The molecule has 5 nitrogen and oxygen atoms in total. The summed E-state index contributed by atoms with van der Waals surface area (Å²) in [5.74, 6) is -0.725. The minimum absolute atomic E-state index is 0.140. The van der Waals surface area contributed by atoms with Crippen LogP contribution < -0.4 is 10.1 Å². The summed E-state index contributed by atoms with van der Waals surface area (Å²) in [6.07, 6.45) is 0. The van der Waals surface area contributed by atoms with Crippen LogP contribution in [0.25, 0.3) is 5.57 Å². The molecule has 0 aromatic heterocycles. The first-order valence-electron chi connectivity index (χ1n) is 10.4. The van der Waals surface area contributed by atoms with Crippen molar-refractivity contribution in [3.63, 3.8) is 0 Å². The van der Waals surface area contributed by atoms with Gasteiger partial charge in [-0.2, -0.15) is 0 Å². The fourth-order valence-electron chi connectivity index (χ4n) is 3.58. The van der Waals surface area contributed by atoms with Crippen molar-refractivity contribution in [1.29, 1.82) is 0 Å². The first kappa shape index (κ1) is 21.3. The van der Waals surface area contributed by atoms with Gasteiger partial charge in [0.05, 0.1) is 24.4 Å². The molecule has 0 saturated carbocycles. The van der Waals surface area contributed by atoms with E-state index < -0.39 is 17.6 Å². The number of ether oxygens (including phenoxy) is 1. The van der Waals surface area contributed by atoms with Gasteiger partial charge in [0.15, 0.2) is 0 Å². The molecule has 2 amide bonds. The number of hydrogen-bond donors (Lipinski definition) is 1. The Kier molecular flexibility index (Phi) is 6.03. The highest BCUT2D eigenvalue weighted by Crippen LogP contribution is 2.34. The molecule has 0 unspecified atom stereocenters. The largest absolute Gasteiger partial charge is 0.492 e. The number of nitrogens with zero attached hydrogens (tertiary/aromatic N) is 1. The standard InChI is InChI=1S/C26H23FN2O3/c1-3-32-22-7-5-4-6-21(22)28-24-23(19-12-14-20(27)15-13-19)25(30)29(26(24)31)16-18-10-8-17(2)9-11-18/h4-15,28H,3,16H2,1-2H3. The van der Waals surface area contributed by atoms with Crippen LogP contribution >= 0.6 is 0 Å². The zero-order valence-corrected chi connectivity index (χ0v) is 17.9. The Morgan fingerprint density at radius 3 is 2.28 bits per heavy atom. The Balaban J connectivity index is 1.74. The Labute approximate surface area is 186 Å². The van der Waals surface area contributed by atoms with Gasteiger partial charge in [-0.1, -0.05) is 54.1 Å². The molecule has 0 radical (unpaired) electrons. The number of carbonyl (C=O) groups excluding carboxylic acids is 2. The Morgan fingerprint density at radius 2 is 1.59 bits per heavy atom. The van der Waals surface area contributed by atoms with E-state index in [4.69, 9.17) is 4.74 Å². The third-order valence-electron chi connectivity index (χ3n) is 5.21. The van der Waals surface area contributed by atoms with Gasteiger partial charge in [0.1, 0.15) is 17.3 Å². The lowest BCUT2D eigenvalue weighted by Gasteiger charge is -2.16. The summed E-state index contributed by atoms with van der Waals surface area (Å²) < 4.78 is 19.2. The van der Waals surface area contributed by atoms with Crippen LogP contribution in [0, 0.1) is 12.7 Å². The summed E-state index contributed by atoms with van der Waals surface area (Å²) in [6.45, 7) is 4.44. The second kappa shape index (κ2) is 9.06. The predicted octanol–water partition coefficient (Wildman–Crippen LogP) is 4.93. The molecule has 32 heavy (non-hydrogen) atoms. The Morgan fingerprint density at radius 1 is 0.906 bits per heavy atom. The maximum absolute atomic E-state index is 13.5. The van der Waals surface area contributed by atoms with Crippen LogP contribution in [-0.4, -0.2) is 23.3 Å². The lowest BCUT2D eigenvalue weighted by atomic mass is 10.0. The molecule has 1 aliphatic rings. The first-order chi connectivity index (χ1) is 15.5. The molecule has 0 fully saturated rings. The van der Waals surface area contributed by atoms with Gasteiger partial charge in [0, 0.05) is 0 Å². The third kappa shape index (κ3) is 4.25. The summed E-state index contributed by atoms with van der Waals surface area (Å²) in [4.78, 5) is 28.0. The maximum Gasteiger partial charge on any atom is 0.278 e. The van der Waals surface area contributed by atoms with Gasteiger partial charge in [-0.3, -0.25) is 14.5 Å². The lowest BCUT2D eigenvalue weighted by molar-refractivity contribution is -0.137. The van der Waals surface area contributed by atoms with E-state index in [1.54, 1.807) is 12.1 Å².